The number of carbonyl (C=O) groups excluding carboxylic acids is 1. The number of β-amino-alcohol motifs (C(OH)–C–C–N with tert-alkyl or cyclic N) is 1. The van der Waals surface area contributed by atoms with Crippen LogP contribution >= 0.6 is 0 Å². The molecule has 3 aliphatic heterocycles. The van der Waals surface area contributed by atoms with Crippen molar-refractivity contribution < 1.29 is 19.4 Å². The molecular weight excluding hydrogens is 406 g/mol. The SMILES string of the molecule is CN1CC(Oc2ccc3c(c2)OCCN(C[C@H](O)CN2CCc4ccccc4C2)C3=O)C1. The normalized spacial score (nSPS) is 20.6. The maximum Gasteiger partial charge on any atom is 0.257 e. The standard InChI is InChI=1S/C25H31N3O4/c1-26-16-22(17-26)32-21-6-7-23-24(12-21)31-11-10-28(25(23)30)15-20(29)14-27-9-8-18-4-2-3-5-19(18)13-27/h2-7,12,20,22,29H,8-11,13-17H2,1H3/t20-/m1/s1. The number of benzene rings is 2. The number of amides is 1. The fourth-order valence-corrected chi connectivity index (χ4v) is 4.81. The highest BCUT2D eigenvalue weighted by Gasteiger charge is 2.29. The first-order valence-corrected chi connectivity index (χ1v) is 11.4. The van der Waals surface area contributed by atoms with Gasteiger partial charge in [-0.05, 0) is 36.7 Å². The molecule has 1 amide bonds. The first-order valence-electron chi connectivity index (χ1n) is 11.4. The minimum absolute atomic E-state index is 0.101. The van der Waals surface area contributed by atoms with Gasteiger partial charge in [-0.1, -0.05) is 24.3 Å². The minimum Gasteiger partial charge on any atom is -0.491 e. The fraction of sp³-hybridized carbons (Fsp3) is 0.480. The van der Waals surface area contributed by atoms with E-state index in [1.165, 1.54) is 11.1 Å². The van der Waals surface area contributed by atoms with Crippen molar-refractivity contribution in [2.75, 3.05) is 52.9 Å². The van der Waals surface area contributed by atoms with E-state index in [0.29, 0.717) is 37.6 Å². The molecule has 7 nitrogen and oxygen atoms in total. The van der Waals surface area contributed by atoms with Gasteiger partial charge >= 0.3 is 0 Å². The maximum absolute atomic E-state index is 13.1. The summed E-state index contributed by atoms with van der Waals surface area (Å²) < 4.78 is 11.8. The quantitative estimate of drug-likeness (QED) is 0.741. The highest BCUT2D eigenvalue weighted by atomic mass is 16.5. The van der Waals surface area contributed by atoms with Crippen molar-refractivity contribution in [3.05, 3.63) is 59.2 Å². The van der Waals surface area contributed by atoms with E-state index in [1.807, 2.05) is 12.1 Å². The summed E-state index contributed by atoms with van der Waals surface area (Å²) in [4.78, 5) is 19.3. The molecule has 0 aromatic heterocycles. The summed E-state index contributed by atoms with van der Waals surface area (Å²) in [5.41, 5.74) is 3.24. The molecule has 32 heavy (non-hydrogen) atoms. The van der Waals surface area contributed by atoms with Crippen molar-refractivity contribution in [2.24, 2.45) is 0 Å². The van der Waals surface area contributed by atoms with Gasteiger partial charge in [0.1, 0.15) is 24.2 Å². The van der Waals surface area contributed by atoms with Gasteiger partial charge < -0.3 is 19.5 Å². The average molecular weight is 438 g/mol. The Balaban J connectivity index is 1.19. The van der Waals surface area contributed by atoms with E-state index >= 15 is 0 Å². The number of nitrogens with zero attached hydrogens (tertiary/aromatic N) is 3. The maximum atomic E-state index is 13.1. The Bertz CT molecular complexity index is 975. The van der Waals surface area contributed by atoms with E-state index in [0.717, 1.165) is 38.3 Å². The van der Waals surface area contributed by atoms with Crippen molar-refractivity contribution in [1.82, 2.24) is 14.7 Å². The molecule has 7 heteroatoms. The Morgan fingerprint density at radius 2 is 1.94 bits per heavy atom. The second kappa shape index (κ2) is 9.10. The lowest BCUT2D eigenvalue weighted by molar-refractivity contribution is 0.0386. The molecule has 3 heterocycles. The van der Waals surface area contributed by atoms with E-state index in [1.54, 1.807) is 11.0 Å². The van der Waals surface area contributed by atoms with Crippen LogP contribution < -0.4 is 9.47 Å². The Morgan fingerprint density at radius 3 is 2.75 bits per heavy atom. The van der Waals surface area contributed by atoms with E-state index in [9.17, 15) is 9.90 Å². The van der Waals surface area contributed by atoms with Crippen molar-refractivity contribution >= 4 is 5.91 Å². The van der Waals surface area contributed by atoms with E-state index in [-0.39, 0.29) is 12.0 Å². The van der Waals surface area contributed by atoms with Crippen LogP contribution in [0.4, 0.5) is 0 Å². The van der Waals surface area contributed by atoms with Gasteiger partial charge in [0.25, 0.3) is 5.91 Å². The third-order valence-electron chi connectivity index (χ3n) is 6.53. The molecule has 0 bridgehead atoms. The van der Waals surface area contributed by atoms with Gasteiger partial charge in [-0.25, -0.2) is 0 Å². The number of rotatable bonds is 6. The van der Waals surface area contributed by atoms with Crippen molar-refractivity contribution in [3.63, 3.8) is 0 Å². The molecule has 170 valence electrons. The number of aliphatic hydroxyl groups is 1. The summed E-state index contributed by atoms with van der Waals surface area (Å²) in [6.45, 7) is 5.28. The number of aliphatic hydroxyl groups excluding tert-OH is 1. The van der Waals surface area contributed by atoms with E-state index < -0.39 is 6.10 Å². The van der Waals surface area contributed by atoms with Crippen molar-refractivity contribution in [1.29, 1.82) is 0 Å². The van der Waals surface area contributed by atoms with Crippen molar-refractivity contribution in [2.45, 2.75) is 25.2 Å². The number of likely N-dealkylation sites (N-methyl/N-ethyl adjacent to an activating group) is 1. The monoisotopic (exact) mass is 437 g/mol. The Hall–Kier alpha value is -2.61. The second-order valence-corrected chi connectivity index (χ2v) is 9.13. The predicted octanol–water partition coefficient (Wildman–Crippen LogP) is 1.63. The third-order valence-corrected chi connectivity index (χ3v) is 6.53. The van der Waals surface area contributed by atoms with Gasteiger partial charge in [0.2, 0.25) is 0 Å². The number of likely N-dealkylation sites (tertiary alicyclic amines) is 1. The summed E-state index contributed by atoms with van der Waals surface area (Å²) >= 11 is 0. The Kier molecular flexibility index (Phi) is 6.04. The van der Waals surface area contributed by atoms with Crippen LogP contribution in [0.25, 0.3) is 0 Å². The fourth-order valence-electron chi connectivity index (χ4n) is 4.81. The number of fused-ring (bicyclic) bond motifs is 2. The average Bonchev–Trinajstić information content (AvgIpc) is 2.91. The number of carbonyl (C=O) groups is 1. The largest absolute Gasteiger partial charge is 0.491 e. The zero-order valence-corrected chi connectivity index (χ0v) is 18.6. The van der Waals surface area contributed by atoms with Crippen LogP contribution in [0, 0.1) is 0 Å². The lowest BCUT2D eigenvalue weighted by Crippen LogP contribution is -2.51. The van der Waals surface area contributed by atoms with Crippen LogP contribution in [-0.4, -0.2) is 90.8 Å². The van der Waals surface area contributed by atoms with Gasteiger partial charge in [-0.2, -0.15) is 0 Å². The molecule has 0 unspecified atom stereocenters. The number of hydrogen-bond donors (Lipinski definition) is 1. The zero-order valence-electron chi connectivity index (χ0n) is 18.6. The molecule has 1 atom stereocenters. The molecule has 2 aromatic rings. The second-order valence-electron chi connectivity index (χ2n) is 9.13. The molecule has 0 radical (unpaired) electrons. The van der Waals surface area contributed by atoms with Gasteiger partial charge in [-0.3, -0.25) is 14.6 Å². The van der Waals surface area contributed by atoms with Crippen LogP contribution in [0.5, 0.6) is 11.5 Å². The predicted molar refractivity (Wildman–Crippen MR) is 121 cm³/mol. The molecule has 0 saturated carbocycles. The molecule has 2 aromatic carbocycles. The molecule has 3 aliphatic rings. The highest BCUT2D eigenvalue weighted by molar-refractivity contribution is 5.97. The number of hydrogen-bond acceptors (Lipinski definition) is 6. The van der Waals surface area contributed by atoms with Crippen molar-refractivity contribution in [3.8, 4) is 11.5 Å². The first-order chi connectivity index (χ1) is 15.5. The molecule has 1 N–H and O–H groups in total. The molecule has 1 saturated heterocycles. The first kappa shape index (κ1) is 21.2. The van der Waals surface area contributed by atoms with Gasteiger partial charge in [-0.15, -0.1) is 0 Å². The zero-order chi connectivity index (χ0) is 22.1. The molecule has 0 spiro atoms. The van der Waals surface area contributed by atoms with Gasteiger partial charge in [0.15, 0.2) is 0 Å². The van der Waals surface area contributed by atoms with Crippen LogP contribution in [0.3, 0.4) is 0 Å². The van der Waals surface area contributed by atoms with Crippen LogP contribution in [-0.2, 0) is 13.0 Å². The van der Waals surface area contributed by atoms with E-state index in [2.05, 4.69) is 41.1 Å². The lowest BCUT2D eigenvalue weighted by Gasteiger charge is -2.36. The molecular formula is C25H31N3O4. The smallest absolute Gasteiger partial charge is 0.257 e. The van der Waals surface area contributed by atoms with Crippen LogP contribution in [0.1, 0.15) is 21.5 Å². The summed E-state index contributed by atoms with van der Waals surface area (Å²) in [5, 5.41) is 10.8. The topological polar surface area (TPSA) is 65.5 Å². The summed E-state index contributed by atoms with van der Waals surface area (Å²) in [7, 11) is 2.06. The van der Waals surface area contributed by atoms with Gasteiger partial charge in [0.05, 0.1) is 18.2 Å². The summed E-state index contributed by atoms with van der Waals surface area (Å²) in [5.74, 6) is 1.19. The Labute approximate surface area is 189 Å². The third kappa shape index (κ3) is 4.60. The molecule has 1 fully saturated rings. The molecule has 0 aliphatic carbocycles. The highest BCUT2D eigenvalue weighted by Crippen LogP contribution is 2.29. The summed E-state index contributed by atoms with van der Waals surface area (Å²) in [6, 6.07) is 13.9. The molecule has 5 rings (SSSR count). The van der Waals surface area contributed by atoms with Crippen LogP contribution in [0.2, 0.25) is 0 Å². The van der Waals surface area contributed by atoms with E-state index in [4.69, 9.17) is 9.47 Å². The number of ether oxygens (including phenoxy) is 2. The van der Waals surface area contributed by atoms with Gasteiger partial charge in [0, 0.05) is 45.3 Å². The summed E-state index contributed by atoms with van der Waals surface area (Å²) in [6.07, 6.45) is 0.575. The lowest BCUT2D eigenvalue weighted by atomic mass is 10.00. The minimum atomic E-state index is -0.607. The Morgan fingerprint density at radius 1 is 1.12 bits per heavy atom. The van der Waals surface area contributed by atoms with Crippen LogP contribution in [0.15, 0.2) is 42.5 Å².